The number of benzene rings is 3. The van der Waals surface area contributed by atoms with Crippen molar-refractivity contribution in [2.75, 3.05) is 0 Å². The van der Waals surface area contributed by atoms with Gasteiger partial charge in [0.05, 0.1) is 0 Å². The quantitative estimate of drug-likeness (QED) is 0.643. The van der Waals surface area contributed by atoms with Crippen LogP contribution in [0.5, 0.6) is 11.5 Å². The molecule has 24 heavy (non-hydrogen) atoms. The van der Waals surface area contributed by atoms with Gasteiger partial charge in [-0.15, -0.1) is 0 Å². The van der Waals surface area contributed by atoms with Crippen molar-refractivity contribution in [2.45, 2.75) is 13.8 Å². The van der Waals surface area contributed by atoms with Gasteiger partial charge in [-0.1, -0.05) is 48.6 Å². The maximum atomic E-state index is 9.61. The van der Waals surface area contributed by atoms with Gasteiger partial charge < -0.3 is 10.2 Å². The monoisotopic (exact) mass is 316 g/mol. The molecular formula is C22H20O2. The number of phenolic OH excluding ortho intramolecular Hbond substituents is 2. The number of allylic oxidation sites excluding steroid dienone is 1. The summed E-state index contributed by atoms with van der Waals surface area (Å²) in [5.74, 6) is 0.511. The van der Waals surface area contributed by atoms with Crippen molar-refractivity contribution in [2.24, 2.45) is 0 Å². The molecule has 0 radical (unpaired) electrons. The smallest absolute Gasteiger partial charge is 0.115 e. The van der Waals surface area contributed by atoms with E-state index in [-0.39, 0.29) is 11.5 Å². The van der Waals surface area contributed by atoms with E-state index in [1.807, 2.05) is 37.3 Å². The van der Waals surface area contributed by atoms with Gasteiger partial charge in [-0.3, -0.25) is 0 Å². The molecule has 2 N–H and O–H groups in total. The van der Waals surface area contributed by atoms with Crippen LogP contribution in [0.3, 0.4) is 0 Å². The highest BCUT2D eigenvalue weighted by atomic mass is 16.3. The van der Waals surface area contributed by atoms with Crippen LogP contribution in [0, 0.1) is 6.92 Å². The highest BCUT2D eigenvalue weighted by molar-refractivity contribution is 5.91. The standard InChI is InChI=1S/C22H20O2/c1-3-4-16-6-5-15(2)21(17-7-11-19(23)12-8-17)22(16)18-9-13-20(24)14-10-18/h3-14,23-24H,1-2H3. The van der Waals surface area contributed by atoms with Crippen LogP contribution in [0.2, 0.25) is 0 Å². The lowest BCUT2D eigenvalue weighted by atomic mass is 9.87. The summed E-state index contributed by atoms with van der Waals surface area (Å²) >= 11 is 0. The van der Waals surface area contributed by atoms with E-state index >= 15 is 0 Å². The van der Waals surface area contributed by atoms with E-state index in [9.17, 15) is 10.2 Å². The second-order valence-corrected chi connectivity index (χ2v) is 5.82. The van der Waals surface area contributed by atoms with Gasteiger partial charge in [-0.05, 0) is 71.5 Å². The molecule has 120 valence electrons. The largest absolute Gasteiger partial charge is 0.508 e. The zero-order valence-electron chi connectivity index (χ0n) is 13.8. The fourth-order valence-corrected chi connectivity index (χ4v) is 2.98. The average Bonchev–Trinajstić information content (AvgIpc) is 2.58. The van der Waals surface area contributed by atoms with E-state index in [0.29, 0.717) is 0 Å². The molecule has 0 atom stereocenters. The molecule has 3 aromatic carbocycles. The summed E-state index contributed by atoms with van der Waals surface area (Å²) < 4.78 is 0. The van der Waals surface area contributed by atoms with E-state index in [1.54, 1.807) is 24.3 Å². The summed E-state index contributed by atoms with van der Waals surface area (Å²) in [7, 11) is 0. The predicted octanol–water partition coefficient (Wildman–Crippen LogP) is 5.77. The maximum Gasteiger partial charge on any atom is 0.115 e. The van der Waals surface area contributed by atoms with Crippen LogP contribution in [0.25, 0.3) is 28.3 Å². The highest BCUT2D eigenvalue weighted by Gasteiger charge is 2.14. The van der Waals surface area contributed by atoms with Gasteiger partial charge in [-0.25, -0.2) is 0 Å². The van der Waals surface area contributed by atoms with Crippen LogP contribution in [-0.4, -0.2) is 10.2 Å². The zero-order valence-corrected chi connectivity index (χ0v) is 13.8. The highest BCUT2D eigenvalue weighted by Crippen LogP contribution is 2.39. The van der Waals surface area contributed by atoms with Crippen molar-refractivity contribution in [1.29, 1.82) is 0 Å². The Kier molecular flexibility index (Phi) is 4.39. The SMILES string of the molecule is CC=Cc1ccc(C)c(-c2ccc(O)cc2)c1-c1ccc(O)cc1. The molecule has 2 nitrogen and oxygen atoms in total. The predicted molar refractivity (Wildman–Crippen MR) is 100 cm³/mol. The molecule has 3 rings (SSSR count). The molecule has 0 fully saturated rings. The van der Waals surface area contributed by atoms with Crippen molar-refractivity contribution in [3.05, 3.63) is 77.9 Å². The maximum absolute atomic E-state index is 9.61. The number of hydrogen-bond acceptors (Lipinski definition) is 2. The van der Waals surface area contributed by atoms with Crippen LogP contribution >= 0.6 is 0 Å². The normalized spacial score (nSPS) is 11.1. The first-order valence-electron chi connectivity index (χ1n) is 7.95. The second-order valence-electron chi connectivity index (χ2n) is 5.82. The summed E-state index contributed by atoms with van der Waals surface area (Å²) in [5, 5.41) is 19.2. The van der Waals surface area contributed by atoms with Crippen molar-refractivity contribution >= 4 is 6.08 Å². The Bertz CT molecular complexity index is 873. The van der Waals surface area contributed by atoms with E-state index < -0.39 is 0 Å². The molecule has 0 aliphatic heterocycles. The third kappa shape index (κ3) is 3.04. The fraction of sp³-hybridized carbons (Fsp3) is 0.0909. The summed E-state index contributed by atoms with van der Waals surface area (Å²) in [6.07, 6.45) is 4.11. The molecule has 0 unspecified atom stereocenters. The van der Waals surface area contributed by atoms with Gasteiger partial charge in [0.2, 0.25) is 0 Å². The molecule has 0 aromatic heterocycles. The third-order valence-corrected chi connectivity index (χ3v) is 4.10. The van der Waals surface area contributed by atoms with Crippen molar-refractivity contribution < 1.29 is 10.2 Å². The van der Waals surface area contributed by atoms with E-state index in [1.165, 1.54) is 0 Å². The summed E-state index contributed by atoms with van der Waals surface area (Å²) in [6.45, 7) is 4.09. The third-order valence-electron chi connectivity index (χ3n) is 4.10. The van der Waals surface area contributed by atoms with Crippen LogP contribution < -0.4 is 0 Å². The van der Waals surface area contributed by atoms with Crippen LogP contribution in [-0.2, 0) is 0 Å². The zero-order chi connectivity index (χ0) is 17.1. The molecule has 0 aliphatic carbocycles. The number of aromatic hydroxyl groups is 2. The van der Waals surface area contributed by atoms with Gasteiger partial charge in [0.1, 0.15) is 11.5 Å². The Balaban J connectivity index is 2.32. The molecule has 0 bridgehead atoms. The summed E-state index contributed by atoms with van der Waals surface area (Å²) in [4.78, 5) is 0. The molecule has 0 amide bonds. The minimum absolute atomic E-state index is 0.255. The number of rotatable bonds is 3. The van der Waals surface area contributed by atoms with E-state index in [0.717, 1.165) is 33.4 Å². The molecule has 3 aromatic rings. The molecule has 0 aliphatic rings. The summed E-state index contributed by atoms with van der Waals surface area (Å²) in [5.41, 5.74) is 6.65. The average molecular weight is 316 g/mol. The molecule has 0 saturated carbocycles. The number of aryl methyl sites for hydroxylation is 1. The lowest BCUT2D eigenvalue weighted by Crippen LogP contribution is -1.93. The molecule has 0 heterocycles. The Morgan fingerprint density at radius 2 is 1.17 bits per heavy atom. The Morgan fingerprint density at radius 3 is 1.67 bits per heavy atom. The molecule has 0 saturated heterocycles. The van der Waals surface area contributed by atoms with Gasteiger partial charge in [0.15, 0.2) is 0 Å². The van der Waals surface area contributed by atoms with Crippen molar-refractivity contribution in [3.8, 4) is 33.8 Å². The van der Waals surface area contributed by atoms with Gasteiger partial charge in [0, 0.05) is 0 Å². The Hall–Kier alpha value is -3.00. The lowest BCUT2D eigenvalue weighted by molar-refractivity contribution is 0.475. The molecule has 2 heteroatoms. The minimum atomic E-state index is 0.255. The minimum Gasteiger partial charge on any atom is -0.508 e. The summed E-state index contributed by atoms with van der Waals surface area (Å²) in [6, 6.07) is 18.8. The van der Waals surface area contributed by atoms with Gasteiger partial charge in [0.25, 0.3) is 0 Å². The topological polar surface area (TPSA) is 40.5 Å². The first kappa shape index (κ1) is 15.9. The second kappa shape index (κ2) is 6.63. The first-order chi connectivity index (χ1) is 11.6. The van der Waals surface area contributed by atoms with Crippen molar-refractivity contribution in [3.63, 3.8) is 0 Å². The van der Waals surface area contributed by atoms with Crippen LogP contribution in [0.4, 0.5) is 0 Å². The van der Waals surface area contributed by atoms with Gasteiger partial charge in [-0.2, -0.15) is 0 Å². The Labute approximate surface area is 142 Å². The van der Waals surface area contributed by atoms with Gasteiger partial charge >= 0.3 is 0 Å². The van der Waals surface area contributed by atoms with E-state index in [4.69, 9.17) is 0 Å². The fourth-order valence-electron chi connectivity index (χ4n) is 2.98. The van der Waals surface area contributed by atoms with Crippen LogP contribution in [0.1, 0.15) is 18.1 Å². The van der Waals surface area contributed by atoms with E-state index in [2.05, 4.69) is 25.1 Å². The number of phenols is 2. The first-order valence-corrected chi connectivity index (χ1v) is 7.95. The molecular weight excluding hydrogens is 296 g/mol. The lowest BCUT2D eigenvalue weighted by Gasteiger charge is -2.17. The molecule has 0 spiro atoms. The van der Waals surface area contributed by atoms with Crippen molar-refractivity contribution in [1.82, 2.24) is 0 Å². The van der Waals surface area contributed by atoms with Crippen LogP contribution in [0.15, 0.2) is 66.7 Å². The number of hydrogen-bond donors (Lipinski definition) is 2. The Morgan fingerprint density at radius 1 is 0.667 bits per heavy atom.